The summed E-state index contributed by atoms with van der Waals surface area (Å²) in [5, 5.41) is 0. The van der Waals surface area contributed by atoms with Gasteiger partial charge in [0.15, 0.2) is 0 Å². The normalized spacial score (nSPS) is 11.9. The fourth-order valence-corrected chi connectivity index (χ4v) is 8.33. The first-order chi connectivity index (χ1) is 17.3. The summed E-state index contributed by atoms with van der Waals surface area (Å²) in [6.07, 6.45) is 42.0. The van der Waals surface area contributed by atoms with Gasteiger partial charge in [-0.15, -0.1) is 5.70 Å². The largest absolute Gasteiger partial charge is 0.102 e. The minimum absolute atomic E-state index is 0.640. The molecule has 0 amide bonds. The lowest BCUT2D eigenvalue weighted by Gasteiger charge is -2.12. The van der Waals surface area contributed by atoms with Crippen molar-refractivity contribution in [3.8, 4) is 0 Å². The zero-order valence-electron chi connectivity index (χ0n) is 25.2. The molecule has 0 aliphatic heterocycles. The highest BCUT2D eigenvalue weighted by atomic mass is 28.3. The summed E-state index contributed by atoms with van der Waals surface area (Å²) in [6.45, 7) is 6.95. The molecule has 0 aromatic carbocycles. The molecule has 0 aromatic rings. The molecule has 0 aromatic heterocycles. The monoisotopic (exact) mass is 507 g/mol. The van der Waals surface area contributed by atoms with Crippen LogP contribution in [0.15, 0.2) is 11.8 Å². The second kappa shape index (κ2) is 32.0. The Morgan fingerprint density at radius 2 is 0.629 bits per heavy atom. The second-order valence-corrected chi connectivity index (χ2v) is 14.7. The fourth-order valence-electron chi connectivity index (χ4n) is 5.46. The lowest BCUT2D eigenvalue weighted by molar-refractivity contribution is 0.560. The van der Waals surface area contributed by atoms with Crippen LogP contribution < -0.4 is 0 Å². The first kappa shape index (κ1) is 35.0. The Kier molecular flexibility index (Phi) is 31.9. The molecule has 0 unspecified atom stereocenters. The molecule has 0 heterocycles. The minimum Gasteiger partial charge on any atom is -0.102 e. The van der Waals surface area contributed by atoms with E-state index in [1.165, 1.54) is 173 Å². The van der Waals surface area contributed by atoms with Crippen LogP contribution in [-0.2, 0) is 0 Å². The Balaban J connectivity index is 3.93. The summed E-state index contributed by atoms with van der Waals surface area (Å²) in [7, 11) is -0.640. The molecule has 0 rings (SSSR count). The average molecular weight is 507 g/mol. The Morgan fingerprint density at radius 1 is 0.343 bits per heavy atom. The molecule has 0 spiro atoms. The molecule has 35 heavy (non-hydrogen) atoms. The van der Waals surface area contributed by atoms with Crippen LogP contribution in [0, 0.1) is 0 Å². The topological polar surface area (TPSA) is 0 Å². The maximum Gasteiger partial charge on any atom is 0.0611 e. The van der Waals surface area contributed by atoms with Crippen molar-refractivity contribution in [2.24, 2.45) is 0 Å². The SMILES string of the molecule is CCCCCCCC/C=C/[SiH](CCCCCCCCCCCC)CCCCCCCCCCCC. The predicted octanol–water partition coefficient (Wildman–Crippen LogP) is 12.9. The average Bonchev–Trinajstić information content (AvgIpc) is 2.87. The lowest BCUT2D eigenvalue weighted by Crippen LogP contribution is -2.09. The molecule has 0 radical (unpaired) electrons. The van der Waals surface area contributed by atoms with Crippen molar-refractivity contribution in [2.75, 3.05) is 0 Å². The first-order valence-electron chi connectivity index (χ1n) is 17.0. The summed E-state index contributed by atoms with van der Waals surface area (Å²) in [4.78, 5) is 0. The van der Waals surface area contributed by atoms with E-state index in [1.807, 2.05) is 0 Å². The molecule has 0 nitrogen and oxygen atoms in total. The highest BCUT2D eigenvalue weighted by molar-refractivity contribution is 6.64. The van der Waals surface area contributed by atoms with Gasteiger partial charge in [-0.1, -0.05) is 199 Å². The van der Waals surface area contributed by atoms with Crippen molar-refractivity contribution >= 4 is 8.80 Å². The van der Waals surface area contributed by atoms with Crippen LogP contribution >= 0.6 is 0 Å². The van der Waals surface area contributed by atoms with Crippen LogP contribution in [0.1, 0.15) is 194 Å². The van der Waals surface area contributed by atoms with E-state index in [4.69, 9.17) is 0 Å². The Bertz CT molecular complexity index is 364. The summed E-state index contributed by atoms with van der Waals surface area (Å²) in [5.41, 5.74) is 2.77. The van der Waals surface area contributed by atoms with Gasteiger partial charge in [-0.05, 0) is 12.8 Å². The molecule has 1 heteroatoms. The van der Waals surface area contributed by atoms with Gasteiger partial charge in [-0.25, -0.2) is 0 Å². The molecule has 210 valence electrons. The van der Waals surface area contributed by atoms with Gasteiger partial charge in [0.25, 0.3) is 0 Å². The molecule has 0 N–H and O–H groups in total. The summed E-state index contributed by atoms with van der Waals surface area (Å²) in [5.74, 6) is 0. The van der Waals surface area contributed by atoms with Crippen molar-refractivity contribution in [1.82, 2.24) is 0 Å². The maximum atomic E-state index is 2.77. The van der Waals surface area contributed by atoms with Crippen molar-refractivity contribution in [3.63, 3.8) is 0 Å². The van der Waals surface area contributed by atoms with Gasteiger partial charge in [0.1, 0.15) is 0 Å². The van der Waals surface area contributed by atoms with Gasteiger partial charge < -0.3 is 0 Å². The fraction of sp³-hybridized carbons (Fsp3) is 0.941. The van der Waals surface area contributed by atoms with Crippen LogP contribution in [-0.4, -0.2) is 8.80 Å². The van der Waals surface area contributed by atoms with E-state index in [2.05, 4.69) is 32.5 Å². The first-order valence-corrected chi connectivity index (χ1v) is 19.3. The minimum atomic E-state index is -0.640. The zero-order valence-corrected chi connectivity index (χ0v) is 26.4. The van der Waals surface area contributed by atoms with Crippen LogP contribution in [0.2, 0.25) is 12.1 Å². The van der Waals surface area contributed by atoms with E-state index in [9.17, 15) is 0 Å². The van der Waals surface area contributed by atoms with Gasteiger partial charge in [0.05, 0.1) is 8.80 Å². The van der Waals surface area contributed by atoms with E-state index >= 15 is 0 Å². The second-order valence-electron chi connectivity index (χ2n) is 11.7. The van der Waals surface area contributed by atoms with E-state index in [0.29, 0.717) is 0 Å². The number of rotatable bonds is 30. The van der Waals surface area contributed by atoms with E-state index < -0.39 is 8.80 Å². The van der Waals surface area contributed by atoms with Gasteiger partial charge in [-0.2, -0.15) is 0 Å². The van der Waals surface area contributed by atoms with Crippen LogP contribution in [0.25, 0.3) is 0 Å². The predicted molar refractivity (Wildman–Crippen MR) is 168 cm³/mol. The lowest BCUT2D eigenvalue weighted by atomic mass is 10.1. The number of hydrogen-bond acceptors (Lipinski definition) is 0. The molecule has 0 saturated carbocycles. The number of allylic oxidation sites excluding steroid dienone is 1. The van der Waals surface area contributed by atoms with E-state index in [1.54, 1.807) is 12.1 Å². The third kappa shape index (κ3) is 30.1. The quantitative estimate of drug-likeness (QED) is 0.0671. The molecular formula is C34H70Si. The smallest absolute Gasteiger partial charge is 0.0611 e. The standard InChI is InChI=1S/C34H70Si/c1-4-7-10-13-16-19-21-24-27-30-33-35(32-29-26-23-18-15-12-9-6-3)34-31-28-25-22-20-17-14-11-8-5-2/h29,32,35H,4-28,30-31,33-34H2,1-3H3/b32-29+. The van der Waals surface area contributed by atoms with Crippen molar-refractivity contribution in [1.29, 1.82) is 0 Å². The summed E-state index contributed by atoms with van der Waals surface area (Å²) >= 11 is 0. The molecule has 0 saturated heterocycles. The Hall–Kier alpha value is -0.0431. The highest BCUT2D eigenvalue weighted by Gasteiger charge is 2.07. The van der Waals surface area contributed by atoms with Crippen molar-refractivity contribution in [2.45, 2.75) is 206 Å². The third-order valence-corrected chi connectivity index (χ3v) is 11.1. The van der Waals surface area contributed by atoms with Crippen LogP contribution in [0.3, 0.4) is 0 Å². The third-order valence-electron chi connectivity index (χ3n) is 7.99. The molecule has 0 aliphatic carbocycles. The van der Waals surface area contributed by atoms with E-state index in [-0.39, 0.29) is 0 Å². The van der Waals surface area contributed by atoms with Gasteiger partial charge in [-0.3, -0.25) is 0 Å². The van der Waals surface area contributed by atoms with E-state index in [0.717, 1.165) is 0 Å². The molecule has 0 atom stereocenters. The Labute approximate surface area is 226 Å². The molecule has 0 fully saturated rings. The summed E-state index contributed by atoms with van der Waals surface area (Å²) < 4.78 is 0. The van der Waals surface area contributed by atoms with Crippen LogP contribution in [0.5, 0.6) is 0 Å². The molecular weight excluding hydrogens is 436 g/mol. The highest BCUT2D eigenvalue weighted by Crippen LogP contribution is 2.18. The number of unbranched alkanes of at least 4 members (excludes halogenated alkanes) is 24. The van der Waals surface area contributed by atoms with Crippen molar-refractivity contribution < 1.29 is 0 Å². The molecule has 0 aliphatic rings. The van der Waals surface area contributed by atoms with Gasteiger partial charge in [0, 0.05) is 0 Å². The zero-order chi connectivity index (χ0) is 25.5. The van der Waals surface area contributed by atoms with Gasteiger partial charge in [0.2, 0.25) is 0 Å². The van der Waals surface area contributed by atoms with Crippen LogP contribution in [0.4, 0.5) is 0 Å². The summed E-state index contributed by atoms with van der Waals surface area (Å²) in [6, 6.07) is 3.17. The van der Waals surface area contributed by atoms with Crippen molar-refractivity contribution in [3.05, 3.63) is 11.8 Å². The number of hydrogen-bond donors (Lipinski definition) is 0. The maximum absolute atomic E-state index is 2.77. The Morgan fingerprint density at radius 3 is 0.971 bits per heavy atom. The molecule has 0 bridgehead atoms. The van der Waals surface area contributed by atoms with Gasteiger partial charge >= 0.3 is 0 Å².